The van der Waals surface area contributed by atoms with Crippen molar-refractivity contribution in [3.05, 3.63) is 0 Å². The van der Waals surface area contributed by atoms with Crippen LogP contribution in [0.25, 0.3) is 0 Å². The highest BCUT2D eigenvalue weighted by Gasteiger charge is 2.41. The maximum atomic E-state index is 12.7. The van der Waals surface area contributed by atoms with Crippen LogP contribution in [-0.2, 0) is 9.53 Å². The maximum Gasteiger partial charge on any atom is 0.396 e. The van der Waals surface area contributed by atoms with Crippen LogP contribution in [0.1, 0.15) is 40.0 Å². The molecule has 0 aromatic rings. The summed E-state index contributed by atoms with van der Waals surface area (Å²) in [5, 5.41) is 0. The Balaban J connectivity index is 2.67. The van der Waals surface area contributed by atoms with Crippen LogP contribution < -0.4 is 0 Å². The number of esters is 1. The summed E-state index contributed by atoms with van der Waals surface area (Å²) in [6.45, 7) is 6.13. The van der Waals surface area contributed by atoms with Gasteiger partial charge in [0.2, 0.25) is 0 Å². The molecule has 0 aromatic carbocycles. The van der Waals surface area contributed by atoms with Gasteiger partial charge in [-0.25, -0.2) is 4.79 Å². The molecule has 5 heteroatoms. The number of hydrogen-bond acceptors (Lipinski definition) is 2. The third-order valence-corrected chi connectivity index (χ3v) is 3.77. The topological polar surface area (TPSA) is 26.3 Å². The largest absolute Gasteiger partial charge is 0.457 e. The van der Waals surface area contributed by atoms with E-state index in [1.807, 2.05) is 29.8 Å². The summed E-state index contributed by atoms with van der Waals surface area (Å²) < 4.78 is 30.4. The highest BCUT2D eigenvalue weighted by molar-refractivity contribution is 9.10. The van der Waals surface area contributed by atoms with Crippen LogP contribution in [-0.4, -0.2) is 16.9 Å². The molecular formula is C12H19BrF2O2. The summed E-state index contributed by atoms with van der Waals surface area (Å²) in [6.07, 6.45) is 2.30. The van der Waals surface area contributed by atoms with Crippen LogP contribution >= 0.6 is 15.9 Å². The van der Waals surface area contributed by atoms with Crippen molar-refractivity contribution >= 4 is 21.9 Å². The minimum Gasteiger partial charge on any atom is -0.457 e. The molecule has 1 saturated carbocycles. The van der Waals surface area contributed by atoms with E-state index in [-0.39, 0.29) is 12.0 Å². The van der Waals surface area contributed by atoms with Gasteiger partial charge in [0.15, 0.2) is 0 Å². The molecule has 1 aliphatic carbocycles. The van der Waals surface area contributed by atoms with E-state index in [1.54, 1.807) is 0 Å². The molecular weight excluding hydrogens is 294 g/mol. The molecule has 0 aromatic heterocycles. The summed E-state index contributed by atoms with van der Waals surface area (Å²) in [5.74, 6) is -0.525. The van der Waals surface area contributed by atoms with Crippen molar-refractivity contribution in [2.45, 2.75) is 51.0 Å². The van der Waals surface area contributed by atoms with E-state index < -0.39 is 10.8 Å². The minimum atomic E-state index is -3.57. The van der Waals surface area contributed by atoms with Crippen LogP contribution in [0.5, 0.6) is 0 Å². The van der Waals surface area contributed by atoms with Gasteiger partial charge in [-0.3, -0.25) is 0 Å². The van der Waals surface area contributed by atoms with Gasteiger partial charge < -0.3 is 4.74 Å². The molecule has 0 unspecified atom stereocenters. The molecule has 3 atom stereocenters. The number of hydrogen-bond donors (Lipinski definition) is 0. The summed E-state index contributed by atoms with van der Waals surface area (Å²) in [4.78, 5) is 7.61. The molecule has 0 heterocycles. The number of carbonyl (C=O) groups is 1. The Morgan fingerprint density at radius 2 is 2.00 bits per heavy atom. The molecule has 0 spiro atoms. The lowest BCUT2D eigenvalue weighted by atomic mass is 9.75. The quantitative estimate of drug-likeness (QED) is 0.582. The van der Waals surface area contributed by atoms with Crippen molar-refractivity contribution in [1.82, 2.24) is 0 Å². The third kappa shape index (κ3) is 4.19. The molecule has 100 valence electrons. The fourth-order valence-corrected chi connectivity index (χ4v) is 2.55. The maximum absolute atomic E-state index is 12.7. The second-order valence-electron chi connectivity index (χ2n) is 5.27. The highest BCUT2D eigenvalue weighted by atomic mass is 79.9. The molecule has 1 aliphatic rings. The van der Waals surface area contributed by atoms with E-state index in [0.29, 0.717) is 18.3 Å². The summed E-state index contributed by atoms with van der Waals surface area (Å²) in [5.41, 5.74) is 0. The number of halogens is 3. The van der Waals surface area contributed by atoms with Crippen molar-refractivity contribution in [3.8, 4) is 0 Å². The summed E-state index contributed by atoms with van der Waals surface area (Å²) >= 11 is 2.03. The van der Waals surface area contributed by atoms with Gasteiger partial charge in [-0.05, 0) is 30.6 Å². The Morgan fingerprint density at radius 1 is 1.41 bits per heavy atom. The molecule has 0 amide bonds. The predicted octanol–water partition coefficient (Wildman–Crippen LogP) is 3.98. The average molecular weight is 313 g/mol. The van der Waals surface area contributed by atoms with Crippen LogP contribution in [0.15, 0.2) is 0 Å². The lowest BCUT2D eigenvalue weighted by Crippen LogP contribution is -2.38. The van der Waals surface area contributed by atoms with Gasteiger partial charge in [0.25, 0.3) is 0 Å². The van der Waals surface area contributed by atoms with E-state index in [0.717, 1.165) is 12.8 Å². The second-order valence-corrected chi connectivity index (χ2v) is 6.26. The zero-order valence-electron chi connectivity index (χ0n) is 10.4. The van der Waals surface area contributed by atoms with E-state index in [4.69, 9.17) is 4.74 Å². The standard InChI is InChI=1S/C12H19BrF2O2/c1-7(2)9-5-4-8(3)6-10(9)17-11(16)12(13,14)15/h7-10H,4-6H2,1-3H3/t8-,9-,10+/m1/s1. The fourth-order valence-electron chi connectivity index (χ4n) is 2.45. The SMILES string of the molecule is CC(C)[C@H]1CC[C@@H](C)C[C@@H]1OC(=O)C(F)(F)Br. The summed E-state index contributed by atoms with van der Waals surface area (Å²) in [7, 11) is 0. The van der Waals surface area contributed by atoms with E-state index >= 15 is 0 Å². The number of ether oxygens (including phenoxy) is 1. The molecule has 0 saturated heterocycles. The smallest absolute Gasteiger partial charge is 0.396 e. The number of rotatable bonds is 3. The molecule has 17 heavy (non-hydrogen) atoms. The van der Waals surface area contributed by atoms with Gasteiger partial charge in [-0.15, -0.1) is 0 Å². The molecule has 2 nitrogen and oxygen atoms in total. The first-order chi connectivity index (χ1) is 7.71. The van der Waals surface area contributed by atoms with Crippen LogP contribution in [0.3, 0.4) is 0 Å². The lowest BCUT2D eigenvalue weighted by molar-refractivity contribution is -0.171. The van der Waals surface area contributed by atoms with E-state index in [1.165, 1.54) is 0 Å². The first kappa shape index (κ1) is 14.9. The molecule has 1 rings (SSSR count). The fraction of sp³-hybridized carbons (Fsp3) is 0.917. The lowest BCUT2D eigenvalue weighted by Gasteiger charge is -2.36. The zero-order chi connectivity index (χ0) is 13.2. The van der Waals surface area contributed by atoms with Gasteiger partial charge in [0.1, 0.15) is 6.10 Å². The van der Waals surface area contributed by atoms with E-state index in [2.05, 4.69) is 6.92 Å². The molecule has 0 bridgehead atoms. The average Bonchev–Trinajstić information content (AvgIpc) is 2.15. The Hall–Kier alpha value is -0.190. The Kier molecular flexibility index (Phi) is 4.93. The van der Waals surface area contributed by atoms with Crippen LogP contribution in [0.2, 0.25) is 0 Å². The number of carbonyl (C=O) groups excluding carboxylic acids is 1. The van der Waals surface area contributed by atoms with Crippen molar-refractivity contribution in [2.24, 2.45) is 17.8 Å². The highest BCUT2D eigenvalue weighted by Crippen LogP contribution is 2.36. The van der Waals surface area contributed by atoms with Crippen molar-refractivity contribution < 1.29 is 18.3 Å². The van der Waals surface area contributed by atoms with Gasteiger partial charge >= 0.3 is 10.8 Å². The molecule has 1 fully saturated rings. The monoisotopic (exact) mass is 312 g/mol. The second kappa shape index (κ2) is 5.63. The Bertz CT molecular complexity index is 276. The summed E-state index contributed by atoms with van der Waals surface area (Å²) in [6, 6.07) is 0. The van der Waals surface area contributed by atoms with Gasteiger partial charge in [-0.2, -0.15) is 8.78 Å². The minimum absolute atomic E-state index is 0.185. The normalized spacial score (nSPS) is 30.4. The van der Waals surface area contributed by atoms with Crippen molar-refractivity contribution in [2.75, 3.05) is 0 Å². The first-order valence-corrected chi connectivity index (χ1v) is 6.79. The Morgan fingerprint density at radius 3 is 2.47 bits per heavy atom. The van der Waals surface area contributed by atoms with Crippen molar-refractivity contribution in [3.63, 3.8) is 0 Å². The number of alkyl halides is 3. The van der Waals surface area contributed by atoms with Crippen LogP contribution in [0, 0.1) is 17.8 Å². The molecule has 0 aliphatic heterocycles. The van der Waals surface area contributed by atoms with Gasteiger partial charge in [0.05, 0.1) is 0 Å². The predicted molar refractivity (Wildman–Crippen MR) is 65.1 cm³/mol. The first-order valence-electron chi connectivity index (χ1n) is 5.99. The third-order valence-electron chi connectivity index (χ3n) is 3.45. The van der Waals surface area contributed by atoms with Gasteiger partial charge in [-0.1, -0.05) is 27.2 Å². The Labute approximate surface area is 109 Å². The zero-order valence-corrected chi connectivity index (χ0v) is 12.0. The van der Waals surface area contributed by atoms with Crippen LogP contribution in [0.4, 0.5) is 8.78 Å². The molecule has 0 radical (unpaired) electrons. The van der Waals surface area contributed by atoms with E-state index in [9.17, 15) is 13.6 Å². The van der Waals surface area contributed by atoms with Gasteiger partial charge in [0, 0.05) is 15.9 Å². The molecule has 0 N–H and O–H groups in total. The van der Waals surface area contributed by atoms with Crippen molar-refractivity contribution in [1.29, 1.82) is 0 Å².